The third kappa shape index (κ3) is 2.99. The lowest BCUT2D eigenvalue weighted by atomic mass is 9.74. The highest BCUT2D eigenvalue weighted by atomic mass is 79.9. The second kappa shape index (κ2) is 6.20. The van der Waals surface area contributed by atoms with E-state index >= 15 is 0 Å². The van der Waals surface area contributed by atoms with Gasteiger partial charge in [0.05, 0.1) is 22.9 Å². The van der Waals surface area contributed by atoms with E-state index < -0.39 is 11.4 Å². The number of hydrogen-bond donors (Lipinski definition) is 1. The molecule has 5 nitrogen and oxygen atoms in total. The number of aliphatic carboxylic acids is 1. The molecule has 2 aliphatic rings. The van der Waals surface area contributed by atoms with E-state index in [9.17, 15) is 19.1 Å². The Morgan fingerprint density at radius 2 is 2.26 bits per heavy atom. The molecule has 1 aromatic carbocycles. The molecule has 0 radical (unpaired) electrons. The van der Waals surface area contributed by atoms with Crippen LogP contribution in [0.5, 0.6) is 0 Å². The smallest absolute Gasteiger partial charge is 0.311 e. The second-order valence-electron chi connectivity index (χ2n) is 6.18. The Labute approximate surface area is 141 Å². The van der Waals surface area contributed by atoms with Gasteiger partial charge in [-0.05, 0) is 40.0 Å². The van der Waals surface area contributed by atoms with Crippen LogP contribution >= 0.6 is 15.9 Å². The van der Waals surface area contributed by atoms with Crippen LogP contribution in [0.25, 0.3) is 0 Å². The van der Waals surface area contributed by atoms with Crippen LogP contribution in [0.3, 0.4) is 0 Å². The van der Waals surface area contributed by atoms with Crippen LogP contribution in [0.15, 0.2) is 22.7 Å². The first-order chi connectivity index (χ1) is 10.9. The summed E-state index contributed by atoms with van der Waals surface area (Å²) in [6.45, 7) is 1.40. The molecule has 2 heterocycles. The van der Waals surface area contributed by atoms with E-state index in [4.69, 9.17) is 4.74 Å². The Balaban J connectivity index is 1.73. The first kappa shape index (κ1) is 16.4. The van der Waals surface area contributed by atoms with E-state index in [1.54, 1.807) is 17.0 Å². The van der Waals surface area contributed by atoms with E-state index in [0.29, 0.717) is 36.2 Å². The third-order valence-electron chi connectivity index (χ3n) is 4.82. The molecule has 0 aliphatic carbocycles. The van der Waals surface area contributed by atoms with Gasteiger partial charge >= 0.3 is 5.97 Å². The van der Waals surface area contributed by atoms with Crippen molar-refractivity contribution in [3.8, 4) is 0 Å². The molecular formula is C16H17BrFNO4. The Hall–Kier alpha value is -1.47. The van der Waals surface area contributed by atoms with Crippen molar-refractivity contribution >= 4 is 27.8 Å². The number of ether oxygens (including phenoxy) is 1. The van der Waals surface area contributed by atoms with Crippen molar-refractivity contribution in [2.24, 2.45) is 11.3 Å². The van der Waals surface area contributed by atoms with Gasteiger partial charge in [0.1, 0.15) is 5.82 Å². The number of carboxylic acids is 1. The molecule has 3 rings (SSSR count). The molecule has 0 saturated carbocycles. The molecule has 0 bridgehead atoms. The van der Waals surface area contributed by atoms with Gasteiger partial charge in [-0.2, -0.15) is 0 Å². The maximum atomic E-state index is 13.3. The van der Waals surface area contributed by atoms with Crippen molar-refractivity contribution in [3.63, 3.8) is 0 Å². The van der Waals surface area contributed by atoms with E-state index in [2.05, 4.69) is 15.9 Å². The number of benzene rings is 1. The van der Waals surface area contributed by atoms with Crippen molar-refractivity contribution in [1.82, 2.24) is 4.90 Å². The molecule has 23 heavy (non-hydrogen) atoms. The number of carbonyl (C=O) groups excluding carboxylic acids is 1. The number of likely N-dealkylation sites (tertiary alicyclic amines) is 1. The Morgan fingerprint density at radius 3 is 2.91 bits per heavy atom. The average molecular weight is 386 g/mol. The van der Waals surface area contributed by atoms with Crippen LogP contribution in [0.2, 0.25) is 0 Å². The molecule has 1 aromatic rings. The average Bonchev–Trinajstić information content (AvgIpc) is 2.92. The van der Waals surface area contributed by atoms with Crippen LogP contribution < -0.4 is 0 Å². The van der Waals surface area contributed by atoms with Crippen molar-refractivity contribution in [3.05, 3.63) is 34.1 Å². The topological polar surface area (TPSA) is 66.8 Å². The summed E-state index contributed by atoms with van der Waals surface area (Å²) in [5.41, 5.74) is -0.198. The SMILES string of the molecule is O=C(Cc1ccc(F)c(Br)c1)N1C[C@H]2COCC[C@@]2(C(=O)O)C1. The lowest BCUT2D eigenvalue weighted by Crippen LogP contribution is -2.45. The molecule has 7 heteroatoms. The van der Waals surface area contributed by atoms with Gasteiger partial charge in [-0.15, -0.1) is 0 Å². The van der Waals surface area contributed by atoms with Crippen molar-refractivity contribution in [1.29, 1.82) is 0 Å². The van der Waals surface area contributed by atoms with Gasteiger partial charge in [0, 0.05) is 25.6 Å². The number of carbonyl (C=O) groups is 2. The number of fused-ring (bicyclic) bond motifs is 1. The van der Waals surface area contributed by atoms with Crippen LogP contribution in [0.1, 0.15) is 12.0 Å². The Bertz CT molecular complexity index is 653. The summed E-state index contributed by atoms with van der Waals surface area (Å²) >= 11 is 3.10. The summed E-state index contributed by atoms with van der Waals surface area (Å²) in [6, 6.07) is 4.45. The van der Waals surface area contributed by atoms with Gasteiger partial charge in [0.25, 0.3) is 0 Å². The lowest BCUT2D eigenvalue weighted by Gasteiger charge is -2.33. The highest BCUT2D eigenvalue weighted by Gasteiger charge is 2.54. The van der Waals surface area contributed by atoms with Crippen LogP contribution in [0.4, 0.5) is 4.39 Å². The monoisotopic (exact) mass is 385 g/mol. The van der Waals surface area contributed by atoms with Crippen LogP contribution in [-0.2, 0) is 20.7 Å². The predicted octanol–water partition coefficient (Wildman–Crippen LogP) is 2.08. The van der Waals surface area contributed by atoms with Gasteiger partial charge in [-0.1, -0.05) is 6.07 Å². The highest BCUT2D eigenvalue weighted by Crippen LogP contribution is 2.42. The van der Waals surface area contributed by atoms with E-state index in [0.717, 1.165) is 0 Å². The zero-order valence-electron chi connectivity index (χ0n) is 12.4. The lowest BCUT2D eigenvalue weighted by molar-refractivity contribution is -0.157. The molecule has 0 aromatic heterocycles. The maximum absolute atomic E-state index is 13.3. The van der Waals surface area contributed by atoms with Gasteiger partial charge < -0.3 is 14.7 Å². The Kier molecular flexibility index (Phi) is 4.42. The summed E-state index contributed by atoms with van der Waals surface area (Å²) in [4.78, 5) is 25.8. The summed E-state index contributed by atoms with van der Waals surface area (Å²) in [6.07, 6.45) is 0.557. The van der Waals surface area contributed by atoms with E-state index in [-0.39, 0.29) is 30.6 Å². The zero-order chi connectivity index (χ0) is 16.6. The minimum absolute atomic E-state index is 0.127. The Morgan fingerprint density at radius 1 is 1.48 bits per heavy atom. The number of nitrogens with zero attached hydrogens (tertiary/aromatic N) is 1. The highest BCUT2D eigenvalue weighted by molar-refractivity contribution is 9.10. The van der Waals surface area contributed by atoms with Gasteiger partial charge in [0.2, 0.25) is 5.91 Å². The minimum atomic E-state index is -0.892. The van der Waals surface area contributed by atoms with Crippen molar-refractivity contribution in [2.45, 2.75) is 12.8 Å². The van der Waals surface area contributed by atoms with Crippen molar-refractivity contribution < 1.29 is 23.8 Å². The van der Waals surface area contributed by atoms with Crippen LogP contribution in [-0.4, -0.2) is 48.2 Å². The fourth-order valence-corrected chi connectivity index (χ4v) is 3.85. The molecule has 0 unspecified atom stereocenters. The fourth-order valence-electron chi connectivity index (χ4n) is 3.43. The van der Waals surface area contributed by atoms with E-state index in [1.165, 1.54) is 6.07 Å². The summed E-state index contributed by atoms with van der Waals surface area (Å²) in [5, 5.41) is 9.61. The number of halogens is 2. The third-order valence-corrected chi connectivity index (χ3v) is 5.43. The molecular weight excluding hydrogens is 369 g/mol. The fraction of sp³-hybridized carbons (Fsp3) is 0.500. The van der Waals surface area contributed by atoms with Crippen molar-refractivity contribution in [2.75, 3.05) is 26.3 Å². The predicted molar refractivity (Wildman–Crippen MR) is 83.4 cm³/mol. The molecule has 0 spiro atoms. The molecule has 1 N–H and O–H groups in total. The van der Waals surface area contributed by atoms with Gasteiger partial charge in [-0.3, -0.25) is 9.59 Å². The molecule has 2 saturated heterocycles. The number of hydrogen-bond acceptors (Lipinski definition) is 3. The molecule has 124 valence electrons. The van der Waals surface area contributed by atoms with Gasteiger partial charge in [0.15, 0.2) is 0 Å². The minimum Gasteiger partial charge on any atom is -0.481 e. The summed E-state index contributed by atoms with van der Waals surface area (Å²) in [7, 11) is 0. The molecule has 2 aliphatic heterocycles. The zero-order valence-corrected chi connectivity index (χ0v) is 14.0. The molecule has 2 atom stereocenters. The molecule has 2 fully saturated rings. The maximum Gasteiger partial charge on any atom is 0.311 e. The first-order valence-electron chi connectivity index (χ1n) is 7.45. The largest absolute Gasteiger partial charge is 0.481 e. The number of rotatable bonds is 3. The van der Waals surface area contributed by atoms with E-state index in [1.807, 2.05) is 0 Å². The first-order valence-corrected chi connectivity index (χ1v) is 8.24. The number of amides is 1. The number of carboxylic acid groups (broad SMARTS) is 1. The summed E-state index contributed by atoms with van der Waals surface area (Å²) < 4.78 is 19.0. The standard InChI is InChI=1S/C16H17BrFNO4/c17-12-5-10(1-2-13(12)18)6-14(20)19-7-11-8-23-4-3-16(11,9-19)15(21)22/h1-2,5,11H,3-4,6-9H2,(H,21,22)/t11-,16+/m0/s1. The van der Waals surface area contributed by atoms with Gasteiger partial charge in [-0.25, -0.2) is 4.39 Å². The molecule has 1 amide bonds. The summed E-state index contributed by atoms with van der Waals surface area (Å²) in [5.74, 6) is -1.54. The normalized spacial score (nSPS) is 26.9. The second-order valence-corrected chi connectivity index (χ2v) is 7.04. The quantitative estimate of drug-likeness (QED) is 0.864. The van der Waals surface area contributed by atoms with Crippen LogP contribution in [0, 0.1) is 17.2 Å².